The highest BCUT2D eigenvalue weighted by molar-refractivity contribution is 5.95. The second kappa shape index (κ2) is 10.4. The molecule has 2 aromatic carbocycles. The van der Waals surface area contributed by atoms with Crippen LogP contribution < -0.4 is 9.47 Å². The van der Waals surface area contributed by atoms with Gasteiger partial charge in [-0.2, -0.15) is 0 Å². The lowest BCUT2D eigenvalue weighted by Crippen LogP contribution is -2.48. The van der Waals surface area contributed by atoms with Crippen LogP contribution in [0.15, 0.2) is 59.3 Å². The van der Waals surface area contributed by atoms with Crippen molar-refractivity contribution in [2.45, 2.75) is 27.0 Å². The Labute approximate surface area is 210 Å². The zero-order valence-corrected chi connectivity index (χ0v) is 20.9. The molecule has 0 unspecified atom stereocenters. The number of carbonyl (C=O) groups is 1. The van der Waals surface area contributed by atoms with Gasteiger partial charge in [0, 0.05) is 49.9 Å². The van der Waals surface area contributed by atoms with E-state index in [0.29, 0.717) is 36.8 Å². The molecule has 36 heavy (non-hydrogen) atoms. The number of para-hydroxylation sites is 1. The molecule has 186 valence electrons. The smallest absolute Gasteiger partial charge is 0.254 e. The summed E-state index contributed by atoms with van der Waals surface area (Å²) in [7, 11) is 1.58. The minimum absolute atomic E-state index is 0.00273. The topological polar surface area (TPSA) is 80.9 Å². The molecule has 1 saturated heterocycles. The molecule has 0 bridgehead atoms. The fourth-order valence-electron chi connectivity index (χ4n) is 4.61. The number of hydrogen-bond donors (Lipinski definition) is 0. The molecular weight excluding hydrogens is 456 g/mol. The molecule has 3 heterocycles. The van der Waals surface area contributed by atoms with Crippen molar-refractivity contribution in [3.8, 4) is 11.5 Å². The Bertz CT molecular complexity index is 1350. The third-order valence-electron chi connectivity index (χ3n) is 6.73. The molecule has 0 atom stereocenters. The number of nitrogens with zero attached hydrogens (tertiary/aromatic N) is 4. The molecule has 8 heteroatoms. The van der Waals surface area contributed by atoms with Crippen LogP contribution in [-0.2, 0) is 13.2 Å². The van der Waals surface area contributed by atoms with Gasteiger partial charge in [-0.05, 0) is 43.7 Å². The normalized spacial score (nSPS) is 14.2. The molecule has 0 N–H and O–H groups in total. The number of methoxy groups -OCH3 is 1. The predicted molar refractivity (Wildman–Crippen MR) is 136 cm³/mol. The summed E-state index contributed by atoms with van der Waals surface area (Å²) >= 11 is 0. The van der Waals surface area contributed by atoms with Gasteiger partial charge in [0.1, 0.15) is 12.4 Å². The van der Waals surface area contributed by atoms with E-state index in [1.165, 1.54) is 5.56 Å². The molecule has 5 rings (SSSR count). The molecule has 4 aromatic rings. The standard InChI is InChI=1S/C28H30N4O4/c1-19-24(20(2)36-30-19)18-35-25-10-9-22(16-26(25)34-3)28(33)32-14-12-31(13-15-32)17-23-7-4-6-21-8-5-11-29-27(21)23/h4-11,16H,12-15,17-18H2,1-3H3. The maximum Gasteiger partial charge on any atom is 0.254 e. The number of amides is 1. The van der Waals surface area contributed by atoms with Gasteiger partial charge in [0.25, 0.3) is 5.91 Å². The van der Waals surface area contributed by atoms with Gasteiger partial charge in [-0.1, -0.05) is 29.4 Å². The predicted octanol–water partition coefficient (Wildman–Crippen LogP) is 4.39. The second-order valence-electron chi connectivity index (χ2n) is 9.02. The number of hydrogen-bond acceptors (Lipinski definition) is 7. The van der Waals surface area contributed by atoms with E-state index in [-0.39, 0.29) is 5.91 Å². The van der Waals surface area contributed by atoms with Crippen molar-refractivity contribution in [2.24, 2.45) is 0 Å². The number of benzene rings is 2. The first kappa shape index (κ1) is 23.8. The van der Waals surface area contributed by atoms with Crippen LogP contribution in [0.1, 0.15) is 32.9 Å². The van der Waals surface area contributed by atoms with Crippen molar-refractivity contribution >= 4 is 16.8 Å². The molecule has 8 nitrogen and oxygen atoms in total. The van der Waals surface area contributed by atoms with E-state index in [9.17, 15) is 4.79 Å². The Balaban J connectivity index is 1.21. The molecule has 0 spiro atoms. The largest absolute Gasteiger partial charge is 0.493 e. The van der Waals surface area contributed by atoms with E-state index in [4.69, 9.17) is 14.0 Å². The highest BCUT2D eigenvalue weighted by Crippen LogP contribution is 2.30. The lowest BCUT2D eigenvalue weighted by atomic mass is 10.1. The number of ether oxygens (including phenoxy) is 2. The summed E-state index contributed by atoms with van der Waals surface area (Å²) in [5.41, 5.74) is 4.55. The number of piperazine rings is 1. The van der Waals surface area contributed by atoms with Gasteiger partial charge in [0.15, 0.2) is 11.5 Å². The summed E-state index contributed by atoms with van der Waals surface area (Å²) in [6, 6.07) is 15.7. The lowest BCUT2D eigenvalue weighted by molar-refractivity contribution is 0.0628. The maximum atomic E-state index is 13.2. The first-order valence-corrected chi connectivity index (χ1v) is 12.1. The number of aryl methyl sites for hydroxylation is 2. The van der Waals surface area contributed by atoms with Crippen molar-refractivity contribution in [3.63, 3.8) is 0 Å². The molecule has 1 aliphatic rings. The zero-order valence-electron chi connectivity index (χ0n) is 20.9. The van der Waals surface area contributed by atoms with E-state index >= 15 is 0 Å². The van der Waals surface area contributed by atoms with E-state index in [1.807, 2.05) is 31.0 Å². The van der Waals surface area contributed by atoms with Crippen LogP contribution in [0.25, 0.3) is 10.9 Å². The summed E-state index contributed by atoms with van der Waals surface area (Å²) in [6.45, 7) is 7.84. The van der Waals surface area contributed by atoms with Gasteiger partial charge < -0.3 is 18.9 Å². The zero-order chi connectivity index (χ0) is 25.1. The van der Waals surface area contributed by atoms with Crippen LogP contribution in [0.3, 0.4) is 0 Å². The fourth-order valence-corrected chi connectivity index (χ4v) is 4.61. The Morgan fingerprint density at radius 2 is 1.83 bits per heavy atom. The molecule has 0 aliphatic carbocycles. The number of fused-ring (bicyclic) bond motifs is 1. The van der Waals surface area contributed by atoms with Gasteiger partial charge >= 0.3 is 0 Å². The van der Waals surface area contributed by atoms with Gasteiger partial charge in [0.2, 0.25) is 0 Å². The van der Waals surface area contributed by atoms with E-state index in [2.05, 4.69) is 39.3 Å². The van der Waals surface area contributed by atoms with Crippen LogP contribution in [0.5, 0.6) is 11.5 Å². The Kier molecular flexibility index (Phi) is 6.86. The Morgan fingerprint density at radius 1 is 1.03 bits per heavy atom. The van der Waals surface area contributed by atoms with Crippen LogP contribution in [0, 0.1) is 13.8 Å². The average Bonchev–Trinajstić information content (AvgIpc) is 3.24. The number of rotatable bonds is 7. The van der Waals surface area contributed by atoms with Crippen molar-refractivity contribution in [3.05, 3.63) is 82.9 Å². The summed E-state index contributed by atoms with van der Waals surface area (Å²) in [4.78, 5) is 22.1. The highest BCUT2D eigenvalue weighted by Gasteiger charge is 2.24. The molecule has 1 fully saturated rings. The van der Waals surface area contributed by atoms with Crippen LogP contribution >= 0.6 is 0 Å². The lowest BCUT2D eigenvalue weighted by Gasteiger charge is -2.35. The fraction of sp³-hybridized carbons (Fsp3) is 0.321. The minimum atomic E-state index is -0.00273. The van der Waals surface area contributed by atoms with E-state index in [0.717, 1.165) is 47.6 Å². The molecule has 1 amide bonds. The number of aromatic nitrogens is 2. The Morgan fingerprint density at radius 3 is 2.58 bits per heavy atom. The number of pyridine rings is 1. The third-order valence-corrected chi connectivity index (χ3v) is 6.73. The first-order valence-electron chi connectivity index (χ1n) is 12.1. The quantitative estimate of drug-likeness (QED) is 0.383. The van der Waals surface area contributed by atoms with E-state index in [1.54, 1.807) is 25.3 Å². The van der Waals surface area contributed by atoms with Gasteiger partial charge in [-0.3, -0.25) is 14.7 Å². The monoisotopic (exact) mass is 486 g/mol. The molecule has 0 radical (unpaired) electrons. The highest BCUT2D eigenvalue weighted by atomic mass is 16.5. The molecule has 1 aliphatic heterocycles. The maximum absolute atomic E-state index is 13.2. The summed E-state index contributed by atoms with van der Waals surface area (Å²) in [5, 5.41) is 5.11. The summed E-state index contributed by atoms with van der Waals surface area (Å²) < 4.78 is 16.7. The average molecular weight is 487 g/mol. The van der Waals surface area contributed by atoms with Gasteiger partial charge in [0.05, 0.1) is 23.9 Å². The van der Waals surface area contributed by atoms with Crippen LogP contribution in [-0.4, -0.2) is 59.1 Å². The summed E-state index contributed by atoms with van der Waals surface area (Å²) in [5.74, 6) is 1.82. The van der Waals surface area contributed by atoms with Gasteiger partial charge in [-0.15, -0.1) is 0 Å². The minimum Gasteiger partial charge on any atom is -0.493 e. The van der Waals surface area contributed by atoms with Crippen molar-refractivity contribution in [1.29, 1.82) is 0 Å². The Hall–Kier alpha value is -3.91. The van der Waals surface area contributed by atoms with Crippen LogP contribution in [0.2, 0.25) is 0 Å². The van der Waals surface area contributed by atoms with Crippen molar-refractivity contribution < 1.29 is 18.8 Å². The molecule has 0 saturated carbocycles. The van der Waals surface area contributed by atoms with Crippen LogP contribution in [0.4, 0.5) is 0 Å². The van der Waals surface area contributed by atoms with Gasteiger partial charge in [-0.25, -0.2) is 0 Å². The molecule has 2 aromatic heterocycles. The summed E-state index contributed by atoms with van der Waals surface area (Å²) in [6.07, 6.45) is 1.84. The van der Waals surface area contributed by atoms with E-state index < -0.39 is 0 Å². The first-order chi connectivity index (χ1) is 17.5. The second-order valence-corrected chi connectivity index (χ2v) is 9.02. The number of carbonyl (C=O) groups excluding carboxylic acids is 1. The SMILES string of the molecule is COc1cc(C(=O)N2CCN(Cc3cccc4cccnc34)CC2)ccc1OCc1c(C)noc1C. The van der Waals surface area contributed by atoms with Crippen molar-refractivity contribution in [1.82, 2.24) is 19.9 Å². The third kappa shape index (κ3) is 4.90. The molecular formula is C28H30N4O4. The van der Waals surface area contributed by atoms with Crippen molar-refractivity contribution in [2.75, 3.05) is 33.3 Å².